The van der Waals surface area contributed by atoms with Crippen LogP contribution in [0.1, 0.15) is 6.42 Å². The highest BCUT2D eigenvalue weighted by Crippen LogP contribution is 2.11. The number of nitrogens with one attached hydrogen (secondary N) is 2. The van der Waals surface area contributed by atoms with Gasteiger partial charge in [0.1, 0.15) is 0 Å². The Bertz CT molecular complexity index is 156. The van der Waals surface area contributed by atoms with Gasteiger partial charge in [0.15, 0.2) is 0 Å². The van der Waals surface area contributed by atoms with Crippen molar-refractivity contribution in [1.29, 1.82) is 0 Å². The van der Waals surface area contributed by atoms with Crippen molar-refractivity contribution in [1.82, 2.24) is 10.6 Å². The summed E-state index contributed by atoms with van der Waals surface area (Å²) in [6.45, 7) is 0. The largest absolute Gasteiger partial charge is 0.390 e. The fraction of sp³-hybridized carbons (Fsp3) is 0.429. The van der Waals surface area contributed by atoms with Crippen molar-refractivity contribution in [3.8, 4) is 0 Å². The van der Waals surface area contributed by atoms with E-state index < -0.39 is 0 Å². The molecule has 0 fully saturated rings. The molecule has 0 saturated heterocycles. The average Bonchev–Trinajstić information content (AvgIpc) is 2.33. The van der Waals surface area contributed by atoms with Gasteiger partial charge in [0.25, 0.3) is 0 Å². The van der Waals surface area contributed by atoms with Crippen LogP contribution in [0.15, 0.2) is 23.5 Å². The maximum Gasteiger partial charge on any atom is 0.0530 e. The summed E-state index contributed by atoms with van der Waals surface area (Å²) in [5.74, 6) is 0. The molecule has 0 amide bonds. The second-order valence-corrected chi connectivity index (χ2v) is 2.00. The lowest BCUT2D eigenvalue weighted by Crippen LogP contribution is -2.12. The molecule has 1 aliphatic carbocycles. The van der Waals surface area contributed by atoms with Crippen molar-refractivity contribution in [2.75, 3.05) is 14.1 Å². The summed E-state index contributed by atoms with van der Waals surface area (Å²) in [5, 5.41) is 6.21. The Morgan fingerprint density at radius 3 is 2.56 bits per heavy atom. The first-order valence-corrected chi connectivity index (χ1v) is 3.13. The van der Waals surface area contributed by atoms with Gasteiger partial charge in [-0.1, -0.05) is 6.08 Å². The molecule has 0 aliphatic heterocycles. The van der Waals surface area contributed by atoms with E-state index >= 15 is 0 Å². The van der Waals surface area contributed by atoms with Crippen LogP contribution < -0.4 is 10.6 Å². The summed E-state index contributed by atoms with van der Waals surface area (Å²) in [6.07, 6.45) is 5.26. The molecular weight excluding hydrogens is 112 g/mol. The molecular formula is C7H12N2. The smallest absolute Gasteiger partial charge is 0.0530 e. The van der Waals surface area contributed by atoms with Crippen molar-refractivity contribution in [2.24, 2.45) is 0 Å². The van der Waals surface area contributed by atoms with Crippen molar-refractivity contribution < 1.29 is 0 Å². The number of allylic oxidation sites excluding steroid dienone is 2. The highest BCUT2D eigenvalue weighted by Gasteiger charge is 2.03. The Labute approximate surface area is 55.6 Å². The maximum absolute atomic E-state index is 3.12. The van der Waals surface area contributed by atoms with Gasteiger partial charge in [-0.25, -0.2) is 0 Å². The van der Waals surface area contributed by atoms with E-state index in [4.69, 9.17) is 0 Å². The third kappa shape index (κ3) is 1.07. The highest BCUT2D eigenvalue weighted by atomic mass is 14.9. The Balaban J connectivity index is 2.67. The van der Waals surface area contributed by atoms with Crippen molar-refractivity contribution in [3.05, 3.63) is 23.5 Å². The van der Waals surface area contributed by atoms with Gasteiger partial charge in [0.2, 0.25) is 0 Å². The molecule has 0 saturated carbocycles. The normalized spacial score (nSPS) is 16.7. The SMILES string of the molecule is CNC1=C(NC)CC=C1. The molecule has 1 aliphatic rings. The minimum atomic E-state index is 1.03. The summed E-state index contributed by atoms with van der Waals surface area (Å²) >= 11 is 0. The lowest BCUT2D eigenvalue weighted by Gasteiger charge is -2.03. The van der Waals surface area contributed by atoms with Crippen molar-refractivity contribution in [2.45, 2.75) is 6.42 Å². The predicted octanol–water partition coefficient (Wildman–Crippen LogP) is 0.597. The first-order valence-electron chi connectivity index (χ1n) is 3.13. The summed E-state index contributed by atoms with van der Waals surface area (Å²) in [6, 6.07) is 0. The van der Waals surface area contributed by atoms with E-state index in [1.807, 2.05) is 14.1 Å². The second-order valence-electron chi connectivity index (χ2n) is 2.00. The van der Waals surface area contributed by atoms with Crippen LogP contribution in [0.4, 0.5) is 0 Å². The molecule has 0 aromatic rings. The third-order valence-electron chi connectivity index (χ3n) is 1.50. The average molecular weight is 124 g/mol. The quantitative estimate of drug-likeness (QED) is 0.563. The van der Waals surface area contributed by atoms with Gasteiger partial charge >= 0.3 is 0 Å². The van der Waals surface area contributed by atoms with Crippen LogP contribution >= 0.6 is 0 Å². The lowest BCUT2D eigenvalue weighted by molar-refractivity contribution is 0.893. The van der Waals surface area contributed by atoms with Crippen LogP contribution in [-0.4, -0.2) is 14.1 Å². The molecule has 0 radical (unpaired) electrons. The molecule has 50 valence electrons. The van der Waals surface area contributed by atoms with Crippen LogP contribution in [0.5, 0.6) is 0 Å². The van der Waals surface area contributed by atoms with Crippen LogP contribution in [0.3, 0.4) is 0 Å². The fourth-order valence-corrected chi connectivity index (χ4v) is 0.976. The number of rotatable bonds is 2. The zero-order chi connectivity index (χ0) is 6.69. The Kier molecular flexibility index (Phi) is 1.78. The Hall–Kier alpha value is -0.920. The van der Waals surface area contributed by atoms with Gasteiger partial charge in [0, 0.05) is 26.2 Å². The molecule has 0 aromatic carbocycles. The minimum absolute atomic E-state index is 1.03. The summed E-state index contributed by atoms with van der Waals surface area (Å²) < 4.78 is 0. The molecule has 0 atom stereocenters. The molecule has 0 spiro atoms. The van der Waals surface area contributed by atoms with E-state index in [2.05, 4.69) is 22.8 Å². The van der Waals surface area contributed by atoms with Gasteiger partial charge in [0.05, 0.1) is 5.70 Å². The van der Waals surface area contributed by atoms with Crippen molar-refractivity contribution in [3.63, 3.8) is 0 Å². The Morgan fingerprint density at radius 1 is 1.33 bits per heavy atom. The topological polar surface area (TPSA) is 24.1 Å². The van der Waals surface area contributed by atoms with Gasteiger partial charge < -0.3 is 10.6 Å². The zero-order valence-electron chi connectivity index (χ0n) is 5.86. The summed E-state index contributed by atoms with van der Waals surface area (Å²) in [7, 11) is 3.88. The van der Waals surface area contributed by atoms with Gasteiger partial charge in [-0.3, -0.25) is 0 Å². The zero-order valence-corrected chi connectivity index (χ0v) is 5.86. The number of hydrogen-bond donors (Lipinski definition) is 2. The predicted molar refractivity (Wildman–Crippen MR) is 38.9 cm³/mol. The van der Waals surface area contributed by atoms with Gasteiger partial charge in [-0.05, 0) is 6.08 Å². The van der Waals surface area contributed by atoms with E-state index in [0.29, 0.717) is 0 Å². The summed E-state index contributed by atoms with van der Waals surface area (Å²) in [5.41, 5.74) is 2.48. The Morgan fingerprint density at radius 2 is 2.11 bits per heavy atom. The van der Waals surface area contributed by atoms with E-state index in [0.717, 1.165) is 6.42 Å². The molecule has 2 heteroatoms. The molecule has 0 aromatic heterocycles. The first-order chi connectivity index (χ1) is 4.38. The van der Waals surface area contributed by atoms with E-state index in [1.54, 1.807) is 0 Å². The van der Waals surface area contributed by atoms with Gasteiger partial charge in [-0.15, -0.1) is 0 Å². The number of likely N-dealkylation sites (N-methyl/N-ethyl adjacent to an activating group) is 1. The molecule has 1 rings (SSSR count). The van der Waals surface area contributed by atoms with Crippen LogP contribution in [0.2, 0.25) is 0 Å². The molecule has 0 bridgehead atoms. The van der Waals surface area contributed by atoms with Crippen LogP contribution in [0.25, 0.3) is 0 Å². The van der Waals surface area contributed by atoms with E-state index in [9.17, 15) is 0 Å². The summed E-state index contributed by atoms with van der Waals surface area (Å²) in [4.78, 5) is 0. The molecule has 2 N–H and O–H groups in total. The lowest BCUT2D eigenvalue weighted by atomic mass is 10.3. The van der Waals surface area contributed by atoms with Crippen LogP contribution in [-0.2, 0) is 0 Å². The highest BCUT2D eigenvalue weighted by molar-refractivity contribution is 5.30. The standard InChI is InChI=1S/C7H12N2/c1-8-6-4-3-5-7(6)9-2/h3-4,8-9H,5H2,1-2H3. The first kappa shape index (κ1) is 6.20. The second kappa shape index (κ2) is 2.58. The van der Waals surface area contributed by atoms with Gasteiger partial charge in [-0.2, -0.15) is 0 Å². The fourth-order valence-electron chi connectivity index (χ4n) is 0.976. The van der Waals surface area contributed by atoms with Crippen LogP contribution in [0, 0.1) is 0 Å². The molecule has 0 unspecified atom stereocenters. The van der Waals surface area contributed by atoms with E-state index in [1.165, 1.54) is 11.4 Å². The van der Waals surface area contributed by atoms with Crippen molar-refractivity contribution >= 4 is 0 Å². The maximum atomic E-state index is 3.12. The molecule has 2 nitrogen and oxygen atoms in total. The molecule has 0 heterocycles. The number of hydrogen-bond acceptors (Lipinski definition) is 2. The van der Waals surface area contributed by atoms with E-state index in [-0.39, 0.29) is 0 Å². The third-order valence-corrected chi connectivity index (χ3v) is 1.50. The monoisotopic (exact) mass is 124 g/mol. The minimum Gasteiger partial charge on any atom is -0.390 e. The molecule has 9 heavy (non-hydrogen) atoms.